The molecule has 168 valence electrons. The van der Waals surface area contributed by atoms with Gasteiger partial charge in [-0.3, -0.25) is 0 Å². The average molecular weight is 466 g/mol. The van der Waals surface area contributed by atoms with E-state index < -0.39 is 0 Å². The molecule has 5 rings (SSSR count). The molecule has 4 aromatic carbocycles. The predicted molar refractivity (Wildman–Crippen MR) is 135 cm³/mol. The third-order valence-corrected chi connectivity index (χ3v) is 5.62. The van der Waals surface area contributed by atoms with E-state index in [0.717, 1.165) is 21.2 Å². The van der Waals surface area contributed by atoms with E-state index in [9.17, 15) is 0 Å². The molecule has 2 N–H and O–H groups in total. The van der Waals surface area contributed by atoms with Gasteiger partial charge in [0.25, 0.3) is 0 Å². The molecule has 0 unspecified atom stereocenters. The highest BCUT2D eigenvalue weighted by atomic mass is 16.4. The van der Waals surface area contributed by atoms with Crippen LogP contribution in [0.3, 0.4) is 0 Å². The van der Waals surface area contributed by atoms with Crippen LogP contribution >= 0.6 is 0 Å². The molecule has 0 spiro atoms. The topological polar surface area (TPSA) is 71.1 Å². The number of rotatable bonds is 2. The van der Waals surface area contributed by atoms with E-state index in [1.807, 2.05) is 109 Å². The number of fused-ring (bicyclic) bond motifs is 4. The maximum absolute atomic E-state index is 5.69. The summed E-state index contributed by atoms with van der Waals surface area (Å²) in [5.74, 6) is 0.537. The Morgan fingerprint density at radius 2 is 0.889 bits per heavy atom. The fourth-order valence-corrected chi connectivity index (χ4v) is 3.84. The first-order chi connectivity index (χ1) is 17.8. The van der Waals surface area contributed by atoms with E-state index >= 15 is 0 Å². The largest absolute Gasteiger partial charge is 0.554 e. The molecule has 0 fully saturated rings. The number of hydrogen-bond donors (Lipinski definition) is 2. The van der Waals surface area contributed by atoms with Crippen molar-refractivity contribution < 1.29 is 19.3 Å². The Labute approximate surface area is 208 Å². The van der Waals surface area contributed by atoms with Crippen LogP contribution < -0.4 is 52.3 Å². The Hall–Kier alpha value is -4.71. The molecule has 0 aliphatic carbocycles. The highest BCUT2D eigenvalue weighted by Crippen LogP contribution is 1.92. The van der Waals surface area contributed by atoms with Crippen LogP contribution in [0.4, 0.5) is 0 Å². The summed E-state index contributed by atoms with van der Waals surface area (Å²) in [4.78, 5) is 16.1. The van der Waals surface area contributed by atoms with Crippen molar-refractivity contribution in [2.24, 2.45) is 9.98 Å². The third kappa shape index (κ3) is 4.88. The van der Waals surface area contributed by atoms with Gasteiger partial charge in [-0.2, -0.15) is 0 Å². The molecule has 0 saturated carbocycles. The lowest BCUT2D eigenvalue weighted by atomic mass is 10.2. The SMILES string of the molecule is [B]OC1=c2ccccc2=[NH+]\C=c2/cccc/c2=N/C(O[B])=c2/ccccc2=[NH+]C=c2cccc/c2=N\1. The van der Waals surface area contributed by atoms with Crippen molar-refractivity contribution >= 4 is 40.3 Å². The molecule has 0 atom stereocenters. The van der Waals surface area contributed by atoms with Gasteiger partial charge in [-0.15, -0.1) is 0 Å². The molecule has 36 heavy (non-hydrogen) atoms. The number of nitrogens with one attached hydrogen (secondary N) is 2. The molecule has 0 bridgehead atoms. The molecule has 0 amide bonds. The zero-order valence-corrected chi connectivity index (χ0v) is 19.3. The summed E-state index contributed by atoms with van der Waals surface area (Å²) in [7, 11) is 11.4. The molecule has 0 aromatic heterocycles. The Kier molecular flexibility index (Phi) is 6.85. The first kappa shape index (κ1) is 23.1. The van der Waals surface area contributed by atoms with Crippen molar-refractivity contribution in [3.05, 3.63) is 139 Å². The monoisotopic (exact) mass is 466 g/mol. The lowest BCUT2D eigenvalue weighted by Crippen LogP contribution is -2.75. The minimum Gasteiger partial charge on any atom is -0.554 e. The molecule has 6 nitrogen and oxygen atoms in total. The van der Waals surface area contributed by atoms with E-state index in [2.05, 4.69) is 9.98 Å². The Morgan fingerprint density at radius 3 is 1.33 bits per heavy atom. The number of hydrogen-bond acceptors (Lipinski definition) is 4. The third-order valence-electron chi connectivity index (χ3n) is 5.62. The van der Waals surface area contributed by atoms with E-state index in [1.165, 1.54) is 0 Å². The number of benzene rings is 4. The van der Waals surface area contributed by atoms with Crippen molar-refractivity contribution in [3.8, 4) is 0 Å². The van der Waals surface area contributed by atoms with Crippen LogP contribution in [-0.4, -0.2) is 16.1 Å². The van der Waals surface area contributed by atoms with Gasteiger partial charge in [0, 0.05) is 12.1 Å². The lowest BCUT2D eigenvalue weighted by molar-refractivity contribution is -0.381. The Bertz CT molecular complexity index is 1800. The molecule has 0 saturated heterocycles. The van der Waals surface area contributed by atoms with Crippen molar-refractivity contribution in [2.45, 2.75) is 0 Å². The summed E-state index contributed by atoms with van der Waals surface area (Å²) < 4.78 is 10.5. The predicted octanol–water partition coefficient (Wildman–Crippen LogP) is -4.75. The van der Waals surface area contributed by atoms with Gasteiger partial charge < -0.3 is 9.31 Å². The van der Waals surface area contributed by atoms with Gasteiger partial charge in [0.2, 0.25) is 22.5 Å². The van der Waals surface area contributed by atoms with Gasteiger partial charge in [0.15, 0.2) is 12.4 Å². The van der Waals surface area contributed by atoms with E-state index in [4.69, 9.17) is 35.4 Å². The van der Waals surface area contributed by atoms with Gasteiger partial charge >= 0.3 is 16.1 Å². The van der Waals surface area contributed by atoms with Crippen LogP contribution in [-0.2, 0) is 9.31 Å². The van der Waals surface area contributed by atoms with Gasteiger partial charge in [-0.1, -0.05) is 48.5 Å². The summed E-state index contributed by atoms with van der Waals surface area (Å²) in [5.41, 5.74) is 0. The summed E-state index contributed by atoms with van der Waals surface area (Å²) in [6.45, 7) is 0. The highest BCUT2D eigenvalue weighted by molar-refractivity contribution is 6.00. The standard InChI is InChI=1S/C28H18B2N4O2/c29-35-27-22-12-4-8-16-26(22)32-18-20-10-2-6-14-24(20)34-28(36-30)21-11-3-7-15-25(21)31-17-19-9-1-5-13-23(19)33-27/h1-18H/p+2/b19-17+,20-18?,27-22+,28-21?,31-17?,31-25?,32-18?,32-26?,33-23-,33-27?,34-24+,34-28?. The normalized spacial score (nSPS) is 17.1. The highest BCUT2D eigenvalue weighted by Gasteiger charge is 2.04. The second-order valence-corrected chi connectivity index (χ2v) is 7.86. The fourth-order valence-electron chi connectivity index (χ4n) is 3.84. The minimum absolute atomic E-state index is 0.268. The molecular formula is C28H20B2N4O2+2. The first-order valence-corrected chi connectivity index (χ1v) is 11.2. The zero-order valence-electron chi connectivity index (χ0n) is 19.3. The van der Waals surface area contributed by atoms with E-state index in [1.54, 1.807) is 0 Å². The second kappa shape index (κ2) is 10.7. The Morgan fingerprint density at radius 1 is 0.500 bits per heavy atom. The van der Waals surface area contributed by atoms with E-state index in [-0.39, 0.29) is 11.8 Å². The Balaban J connectivity index is 2.03. The summed E-state index contributed by atoms with van der Waals surface area (Å²) in [6, 6.07) is 30.5. The van der Waals surface area contributed by atoms with E-state index in [0.29, 0.717) is 21.2 Å². The summed E-state index contributed by atoms with van der Waals surface area (Å²) in [6.07, 6.45) is 3.69. The lowest BCUT2D eigenvalue weighted by Gasteiger charge is -2.00. The summed E-state index contributed by atoms with van der Waals surface area (Å²) in [5, 5.41) is 5.89. The first-order valence-electron chi connectivity index (χ1n) is 11.2. The second-order valence-electron chi connectivity index (χ2n) is 7.86. The number of para-hydroxylation sites is 4. The van der Waals surface area contributed by atoms with Crippen molar-refractivity contribution in [2.75, 3.05) is 0 Å². The van der Waals surface area contributed by atoms with Gasteiger partial charge in [-0.25, -0.2) is 20.0 Å². The van der Waals surface area contributed by atoms with Crippen LogP contribution in [0.2, 0.25) is 0 Å². The van der Waals surface area contributed by atoms with Gasteiger partial charge in [-0.05, 0) is 36.4 Å². The van der Waals surface area contributed by atoms with Gasteiger partial charge in [0.1, 0.15) is 10.4 Å². The van der Waals surface area contributed by atoms with Crippen LogP contribution in [0.1, 0.15) is 0 Å². The maximum Gasteiger partial charge on any atom is 0.376 e. The van der Waals surface area contributed by atoms with Crippen molar-refractivity contribution in [1.29, 1.82) is 0 Å². The number of nitrogens with zero attached hydrogens (tertiary/aromatic N) is 2. The fraction of sp³-hybridized carbons (Fsp3) is 0. The van der Waals surface area contributed by atoms with Crippen LogP contribution in [0.25, 0.3) is 24.2 Å². The molecule has 1 aliphatic rings. The van der Waals surface area contributed by atoms with Gasteiger partial charge in [0.05, 0.1) is 21.2 Å². The van der Waals surface area contributed by atoms with Crippen molar-refractivity contribution in [3.63, 3.8) is 0 Å². The molecule has 4 radical (unpaired) electrons. The minimum atomic E-state index is 0.268. The molecule has 1 aliphatic heterocycles. The zero-order chi connectivity index (χ0) is 24.7. The molecular weight excluding hydrogens is 446 g/mol. The van der Waals surface area contributed by atoms with Crippen LogP contribution in [0, 0.1) is 0 Å². The molecule has 1 heterocycles. The van der Waals surface area contributed by atoms with Crippen LogP contribution in [0.15, 0.2) is 107 Å². The smallest absolute Gasteiger partial charge is 0.376 e. The maximum atomic E-state index is 5.69. The average Bonchev–Trinajstić information content (AvgIpc) is 2.93. The molecule has 8 heteroatoms. The summed E-state index contributed by atoms with van der Waals surface area (Å²) >= 11 is 0. The molecule has 4 aromatic rings. The quantitative estimate of drug-likeness (QED) is 0.292. The van der Waals surface area contributed by atoms with Crippen molar-refractivity contribution in [1.82, 2.24) is 0 Å². The van der Waals surface area contributed by atoms with Crippen LogP contribution in [0.5, 0.6) is 0 Å².